The molecule has 28 heavy (non-hydrogen) atoms. The molecule has 1 saturated carbocycles. The monoisotopic (exact) mass is 378 g/mol. The van der Waals surface area contributed by atoms with Gasteiger partial charge in [0.25, 0.3) is 0 Å². The molecule has 0 saturated heterocycles. The summed E-state index contributed by atoms with van der Waals surface area (Å²) in [6, 6.07) is 11.8. The number of carbonyl (C=O) groups is 2. The van der Waals surface area contributed by atoms with Gasteiger partial charge in [-0.05, 0) is 42.5 Å². The summed E-state index contributed by atoms with van der Waals surface area (Å²) in [7, 11) is 0. The van der Waals surface area contributed by atoms with Gasteiger partial charge >= 0.3 is 0 Å². The van der Waals surface area contributed by atoms with Gasteiger partial charge in [-0.1, -0.05) is 43.5 Å². The molecule has 4 rings (SSSR count). The number of carbonyl (C=O) groups excluding carboxylic acids is 2. The normalized spacial score (nSPS) is 20.5. The lowest BCUT2D eigenvalue weighted by molar-refractivity contribution is -0.125. The predicted molar refractivity (Wildman–Crippen MR) is 109 cm³/mol. The van der Waals surface area contributed by atoms with Crippen LogP contribution >= 0.6 is 0 Å². The quantitative estimate of drug-likeness (QED) is 0.856. The van der Waals surface area contributed by atoms with Crippen LogP contribution in [0.5, 0.6) is 0 Å². The average Bonchev–Trinajstić information content (AvgIpc) is 3.14. The number of benzene rings is 1. The van der Waals surface area contributed by atoms with Crippen LogP contribution in [-0.4, -0.2) is 28.9 Å². The first-order valence-electron chi connectivity index (χ1n) is 10.0. The molecule has 1 fully saturated rings. The van der Waals surface area contributed by atoms with Crippen LogP contribution in [0.2, 0.25) is 0 Å². The number of hydrogen-bond acceptors (Lipinski definition) is 4. The van der Waals surface area contributed by atoms with Crippen molar-refractivity contribution in [1.82, 2.24) is 4.98 Å². The Hall–Kier alpha value is -2.73. The number of nitrogens with zero attached hydrogens (tertiary/aromatic N) is 2. The standard InChI is InChI=1S/C22H26N4O2/c23-19(15-8-3-1-4-9-15)22(28)26-18(14-16-10-7-13-24-20(16)26)21(27)25-17-11-5-2-6-12-17/h2,5-7,10-13,15,18-19H,1,3-4,8-9,14,23H2,(H,25,27)/t18-,19-/m0/s1. The molecule has 0 spiro atoms. The van der Waals surface area contributed by atoms with E-state index in [1.54, 1.807) is 6.20 Å². The number of aromatic nitrogens is 1. The molecule has 2 amide bonds. The van der Waals surface area contributed by atoms with E-state index in [1.165, 1.54) is 11.3 Å². The van der Waals surface area contributed by atoms with Crippen LogP contribution in [0.3, 0.4) is 0 Å². The molecule has 1 aromatic heterocycles. The molecule has 0 bridgehead atoms. The fourth-order valence-corrected chi connectivity index (χ4v) is 4.32. The second-order valence-corrected chi connectivity index (χ2v) is 7.69. The largest absolute Gasteiger partial charge is 0.324 e. The Morgan fingerprint density at radius 1 is 1.07 bits per heavy atom. The Balaban J connectivity index is 1.58. The molecular weight excluding hydrogens is 352 g/mol. The minimum atomic E-state index is -0.632. The number of amides is 2. The number of nitrogens with one attached hydrogen (secondary N) is 1. The van der Waals surface area contributed by atoms with Crippen molar-refractivity contribution in [1.29, 1.82) is 0 Å². The number of hydrogen-bond donors (Lipinski definition) is 2. The highest BCUT2D eigenvalue weighted by Crippen LogP contribution is 2.33. The van der Waals surface area contributed by atoms with Crippen molar-refractivity contribution in [2.45, 2.75) is 50.6 Å². The molecule has 2 heterocycles. The van der Waals surface area contributed by atoms with Crippen LogP contribution < -0.4 is 16.0 Å². The van der Waals surface area contributed by atoms with E-state index in [-0.39, 0.29) is 17.7 Å². The number of nitrogens with two attached hydrogens (primary N) is 1. The SMILES string of the molecule is N[C@H](C(=O)N1c2ncccc2C[C@H]1C(=O)Nc1ccccc1)C1CCCCC1. The van der Waals surface area contributed by atoms with E-state index in [4.69, 9.17) is 5.73 Å². The zero-order valence-corrected chi connectivity index (χ0v) is 15.9. The molecule has 1 aliphatic heterocycles. The van der Waals surface area contributed by atoms with E-state index in [0.29, 0.717) is 17.9 Å². The van der Waals surface area contributed by atoms with Crippen molar-refractivity contribution < 1.29 is 9.59 Å². The molecular formula is C22H26N4O2. The molecule has 6 nitrogen and oxygen atoms in total. The fourth-order valence-electron chi connectivity index (χ4n) is 4.32. The summed E-state index contributed by atoms with van der Waals surface area (Å²) in [6.07, 6.45) is 7.46. The van der Waals surface area contributed by atoms with Crippen molar-refractivity contribution in [2.75, 3.05) is 10.2 Å². The molecule has 2 aliphatic rings. The smallest absolute Gasteiger partial charge is 0.247 e. The van der Waals surface area contributed by atoms with Crippen molar-refractivity contribution >= 4 is 23.3 Å². The second-order valence-electron chi connectivity index (χ2n) is 7.69. The third-order valence-electron chi connectivity index (χ3n) is 5.84. The van der Waals surface area contributed by atoms with Crippen molar-refractivity contribution in [3.8, 4) is 0 Å². The summed E-state index contributed by atoms with van der Waals surface area (Å²) in [5.41, 5.74) is 8.00. The molecule has 0 unspecified atom stereocenters. The van der Waals surface area contributed by atoms with Crippen LogP contribution in [0, 0.1) is 5.92 Å². The van der Waals surface area contributed by atoms with Crippen LogP contribution in [0.4, 0.5) is 11.5 Å². The highest BCUT2D eigenvalue weighted by Gasteiger charge is 2.42. The average molecular weight is 378 g/mol. The Labute approximate surface area is 165 Å². The van der Waals surface area contributed by atoms with Gasteiger partial charge in [0.05, 0.1) is 6.04 Å². The molecule has 6 heteroatoms. The topological polar surface area (TPSA) is 88.3 Å². The van der Waals surface area contributed by atoms with Crippen LogP contribution in [0.15, 0.2) is 48.7 Å². The summed E-state index contributed by atoms with van der Waals surface area (Å²) in [5.74, 6) is 0.324. The van der Waals surface area contributed by atoms with Crippen molar-refractivity contribution in [3.05, 3.63) is 54.2 Å². The lowest BCUT2D eigenvalue weighted by Gasteiger charge is -2.32. The van der Waals surface area contributed by atoms with Gasteiger partial charge in [-0.3, -0.25) is 14.5 Å². The highest BCUT2D eigenvalue weighted by atomic mass is 16.2. The van der Waals surface area contributed by atoms with Gasteiger partial charge in [0.2, 0.25) is 11.8 Å². The van der Waals surface area contributed by atoms with E-state index in [9.17, 15) is 9.59 Å². The van der Waals surface area contributed by atoms with Gasteiger partial charge in [-0.15, -0.1) is 0 Å². The summed E-state index contributed by atoms with van der Waals surface area (Å²) in [5, 5.41) is 2.92. The first-order valence-corrected chi connectivity index (χ1v) is 10.0. The maximum atomic E-state index is 13.4. The Morgan fingerprint density at radius 2 is 1.82 bits per heavy atom. The number of anilines is 2. The van der Waals surface area contributed by atoms with Crippen LogP contribution in [-0.2, 0) is 16.0 Å². The van der Waals surface area contributed by atoms with Gasteiger partial charge in [0.15, 0.2) is 0 Å². The minimum absolute atomic E-state index is 0.173. The summed E-state index contributed by atoms with van der Waals surface area (Å²) in [6.45, 7) is 0. The summed E-state index contributed by atoms with van der Waals surface area (Å²) >= 11 is 0. The van der Waals surface area contributed by atoms with Crippen molar-refractivity contribution in [2.24, 2.45) is 11.7 Å². The molecule has 1 aromatic carbocycles. The first-order chi connectivity index (χ1) is 13.6. The Bertz CT molecular complexity index is 849. The molecule has 3 N–H and O–H groups in total. The number of fused-ring (bicyclic) bond motifs is 1. The minimum Gasteiger partial charge on any atom is -0.324 e. The highest BCUT2D eigenvalue weighted by molar-refractivity contribution is 6.08. The second kappa shape index (κ2) is 8.10. The zero-order chi connectivity index (χ0) is 19.5. The van der Waals surface area contributed by atoms with Crippen LogP contribution in [0.25, 0.3) is 0 Å². The van der Waals surface area contributed by atoms with Crippen molar-refractivity contribution in [3.63, 3.8) is 0 Å². The maximum Gasteiger partial charge on any atom is 0.247 e. The van der Waals surface area contributed by atoms with E-state index in [1.807, 2.05) is 42.5 Å². The van der Waals surface area contributed by atoms with Gasteiger partial charge in [-0.25, -0.2) is 4.98 Å². The summed E-state index contributed by atoms with van der Waals surface area (Å²) in [4.78, 5) is 32.3. The van der Waals surface area contributed by atoms with Crippen LogP contribution in [0.1, 0.15) is 37.7 Å². The third kappa shape index (κ3) is 3.64. The Kier molecular flexibility index (Phi) is 5.39. The van der Waals surface area contributed by atoms with Gasteiger partial charge < -0.3 is 11.1 Å². The fraction of sp³-hybridized carbons (Fsp3) is 0.409. The summed E-state index contributed by atoms with van der Waals surface area (Å²) < 4.78 is 0. The van der Waals surface area contributed by atoms with E-state index in [2.05, 4.69) is 10.3 Å². The predicted octanol–water partition coefficient (Wildman–Crippen LogP) is 2.89. The van der Waals surface area contributed by atoms with E-state index >= 15 is 0 Å². The van der Waals surface area contributed by atoms with Gasteiger partial charge in [-0.2, -0.15) is 0 Å². The van der Waals surface area contributed by atoms with E-state index in [0.717, 1.165) is 31.2 Å². The molecule has 2 aromatic rings. The molecule has 1 aliphatic carbocycles. The third-order valence-corrected chi connectivity index (χ3v) is 5.84. The molecule has 0 radical (unpaired) electrons. The molecule has 146 valence electrons. The number of pyridine rings is 1. The van der Waals surface area contributed by atoms with Gasteiger partial charge in [0, 0.05) is 18.3 Å². The first kappa shape index (κ1) is 18.6. The zero-order valence-electron chi connectivity index (χ0n) is 15.9. The Morgan fingerprint density at radius 3 is 2.57 bits per heavy atom. The van der Waals surface area contributed by atoms with E-state index < -0.39 is 12.1 Å². The maximum absolute atomic E-state index is 13.4. The molecule has 2 atom stereocenters. The lowest BCUT2D eigenvalue weighted by atomic mass is 9.83. The number of para-hydroxylation sites is 1. The van der Waals surface area contributed by atoms with Gasteiger partial charge in [0.1, 0.15) is 11.9 Å². The lowest BCUT2D eigenvalue weighted by Crippen LogP contribution is -2.54. The number of rotatable bonds is 4.